The first-order chi connectivity index (χ1) is 10.1. The van der Waals surface area contributed by atoms with E-state index >= 15 is 0 Å². The molecule has 0 radical (unpaired) electrons. The zero-order chi connectivity index (χ0) is 14.9. The minimum Gasteiger partial charge on any atom is -0.263 e. The van der Waals surface area contributed by atoms with Crippen molar-refractivity contribution in [2.45, 2.75) is 5.16 Å². The van der Waals surface area contributed by atoms with Crippen LogP contribution in [0.5, 0.6) is 0 Å². The minimum atomic E-state index is -4.06. The molecular formula is C12H8ClN5O2S. The number of rotatable bonds is 3. The molecule has 0 aliphatic heterocycles. The zero-order valence-electron chi connectivity index (χ0n) is 10.5. The van der Waals surface area contributed by atoms with E-state index in [9.17, 15) is 8.42 Å². The molecule has 0 fully saturated rings. The Morgan fingerprint density at radius 3 is 2.43 bits per heavy atom. The van der Waals surface area contributed by atoms with Gasteiger partial charge in [-0.2, -0.15) is 0 Å². The Labute approximate surface area is 124 Å². The van der Waals surface area contributed by atoms with Crippen molar-refractivity contribution in [2.24, 2.45) is 0 Å². The van der Waals surface area contributed by atoms with Gasteiger partial charge < -0.3 is 0 Å². The lowest BCUT2D eigenvalue weighted by molar-refractivity contribution is 0.597. The number of benzene rings is 1. The lowest BCUT2D eigenvalue weighted by Crippen LogP contribution is -2.06. The van der Waals surface area contributed by atoms with Gasteiger partial charge in [0.15, 0.2) is 5.82 Å². The van der Waals surface area contributed by atoms with E-state index in [4.69, 9.17) is 10.7 Å². The summed E-state index contributed by atoms with van der Waals surface area (Å²) >= 11 is 0. The molecule has 3 aromatic rings. The highest BCUT2D eigenvalue weighted by atomic mass is 35.7. The molecule has 0 atom stereocenters. The van der Waals surface area contributed by atoms with Crippen molar-refractivity contribution in [1.29, 1.82) is 0 Å². The van der Waals surface area contributed by atoms with Gasteiger partial charge in [0.1, 0.15) is 5.69 Å². The number of halogens is 1. The van der Waals surface area contributed by atoms with E-state index in [1.165, 1.54) is 23.2 Å². The van der Waals surface area contributed by atoms with Gasteiger partial charge >= 0.3 is 0 Å². The molecule has 0 amide bonds. The van der Waals surface area contributed by atoms with Gasteiger partial charge in [-0.3, -0.25) is 9.55 Å². The first-order valence-corrected chi connectivity index (χ1v) is 8.10. The molecule has 9 heteroatoms. The van der Waals surface area contributed by atoms with Crippen molar-refractivity contribution in [3.63, 3.8) is 0 Å². The second-order valence-corrected chi connectivity index (χ2v) is 6.47. The van der Waals surface area contributed by atoms with Crippen LogP contribution in [-0.2, 0) is 9.05 Å². The van der Waals surface area contributed by atoms with Crippen LogP contribution in [0.3, 0.4) is 0 Å². The van der Waals surface area contributed by atoms with Crippen LogP contribution >= 0.6 is 10.7 Å². The lowest BCUT2D eigenvalue weighted by Gasteiger charge is -2.07. The van der Waals surface area contributed by atoms with Crippen molar-refractivity contribution >= 4 is 19.7 Å². The second kappa shape index (κ2) is 5.23. The molecule has 0 aliphatic carbocycles. The summed E-state index contributed by atoms with van der Waals surface area (Å²) in [6, 6.07) is 8.77. The Balaban J connectivity index is 2.31. The first-order valence-electron chi connectivity index (χ1n) is 5.79. The van der Waals surface area contributed by atoms with E-state index in [1.54, 1.807) is 24.3 Å². The molecular weight excluding hydrogens is 314 g/mol. The molecule has 0 aliphatic rings. The maximum absolute atomic E-state index is 11.7. The third kappa shape index (κ3) is 2.63. The molecule has 0 saturated carbocycles. The van der Waals surface area contributed by atoms with Crippen molar-refractivity contribution in [3.05, 3.63) is 48.9 Å². The fourth-order valence-electron chi connectivity index (χ4n) is 1.82. The first kappa shape index (κ1) is 13.7. The van der Waals surface area contributed by atoms with Crippen molar-refractivity contribution in [1.82, 2.24) is 24.7 Å². The zero-order valence-corrected chi connectivity index (χ0v) is 12.0. The highest BCUT2D eigenvalue weighted by molar-refractivity contribution is 8.13. The number of para-hydroxylation sites is 1. The molecule has 0 spiro atoms. The maximum atomic E-state index is 11.7. The molecule has 106 valence electrons. The third-order valence-corrected chi connectivity index (χ3v) is 3.77. The molecule has 7 nitrogen and oxygen atoms in total. The summed E-state index contributed by atoms with van der Waals surface area (Å²) in [5.41, 5.74) is 0.947. The molecule has 0 unspecified atom stereocenters. The van der Waals surface area contributed by atoms with Crippen LogP contribution in [0.15, 0.2) is 54.1 Å². The van der Waals surface area contributed by atoms with Crippen LogP contribution in [0, 0.1) is 0 Å². The van der Waals surface area contributed by atoms with Gasteiger partial charge in [0, 0.05) is 23.1 Å². The second-order valence-electron chi connectivity index (χ2n) is 4.01. The van der Waals surface area contributed by atoms with E-state index in [0.717, 1.165) is 0 Å². The van der Waals surface area contributed by atoms with Crippen LogP contribution in [0.4, 0.5) is 0 Å². The highest BCUT2D eigenvalue weighted by Crippen LogP contribution is 2.24. The van der Waals surface area contributed by atoms with Crippen molar-refractivity contribution < 1.29 is 8.42 Å². The maximum Gasteiger partial charge on any atom is 0.297 e. The van der Waals surface area contributed by atoms with Gasteiger partial charge in [-0.15, -0.1) is 10.2 Å². The Bertz CT molecular complexity index is 865. The standard InChI is InChI=1S/C12H8ClN5O2S/c13-21(19,20)12-17-16-11(10-8-14-6-7-15-10)18(12)9-4-2-1-3-5-9/h1-8H. The minimum absolute atomic E-state index is 0.244. The summed E-state index contributed by atoms with van der Waals surface area (Å²) < 4.78 is 24.7. The van der Waals surface area contributed by atoms with Gasteiger partial charge in [-0.1, -0.05) is 18.2 Å². The highest BCUT2D eigenvalue weighted by Gasteiger charge is 2.25. The SMILES string of the molecule is O=S(=O)(Cl)c1nnc(-c2cnccn2)n1-c1ccccc1. The Hall–Kier alpha value is -2.32. The average Bonchev–Trinajstić information content (AvgIpc) is 2.94. The average molecular weight is 322 g/mol. The topological polar surface area (TPSA) is 90.6 Å². The van der Waals surface area contributed by atoms with E-state index in [0.29, 0.717) is 11.4 Å². The molecule has 2 aromatic heterocycles. The summed E-state index contributed by atoms with van der Waals surface area (Å²) in [7, 11) is 1.37. The smallest absolute Gasteiger partial charge is 0.263 e. The van der Waals surface area contributed by atoms with Crippen LogP contribution < -0.4 is 0 Å². The Morgan fingerprint density at radius 1 is 1.05 bits per heavy atom. The van der Waals surface area contributed by atoms with E-state index in [1.807, 2.05) is 6.07 Å². The van der Waals surface area contributed by atoms with Crippen LogP contribution in [-0.4, -0.2) is 33.2 Å². The van der Waals surface area contributed by atoms with Gasteiger partial charge in [0.2, 0.25) is 0 Å². The molecule has 21 heavy (non-hydrogen) atoms. The Kier molecular flexibility index (Phi) is 3.40. The molecule has 1 aromatic carbocycles. The largest absolute Gasteiger partial charge is 0.297 e. The van der Waals surface area contributed by atoms with Crippen LogP contribution in [0.25, 0.3) is 17.2 Å². The number of aromatic nitrogens is 5. The molecule has 3 rings (SSSR count). The summed E-state index contributed by atoms with van der Waals surface area (Å²) in [6.07, 6.45) is 4.45. The quantitative estimate of drug-likeness (QED) is 0.681. The summed E-state index contributed by atoms with van der Waals surface area (Å²) in [4.78, 5) is 8.05. The molecule has 0 saturated heterocycles. The van der Waals surface area contributed by atoms with Gasteiger partial charge in [-0.05, 0) is 12.1 Å². The van der Waals surface area contributed by atoms with E-state index in [2.05, 4.69) is 20.2 Å². The number of hydrogen-bond donors (Lipinski definition) is 0. The summed E-state index contributed by atoms with van der Waals surface area (Å²) in [5.74, 6) is 0.244. The lowest BCUT2D eigenvalue weighted by atomic mass is 10.3. The normalized spacial score (nSPS) is 11.5. The number of hydrogen-bond acceptors (Lipinski definition) is 6. The van der Waals surface area contributed by atoms with E-state index < -0.39 is 9.05 Å². The van der Waals surface area contributed by atoms with Crippen molar-refractivity contribution in [2.75, 3.05) is 0 Å². The summed E-state index contributed by atoms with van der Waals surface area (Å²) in [5, 5.41) is 7.18. The molecule has 0 N–H and O–H groups in total. The van der Waals surface area contributed by atoms with Crippen LogP contribution in [0.2, 0.25) is 0 Å². The predicted molar refractivity (Wildman–Crippen MR) is 75.4 cm³/mol. The predicted octanol–water partition coefficient (Wildman–Crippen LogP) is 1.65. The Morgan fingerprint density at radius 2 is 1.81 bits per heavy atom. The third-order valence-electron chi connectivity index (χ3n) is 2.66. The molecule has 2 heterocycles. The van der Waals surface area contributed by atoms with E-state index in [-0.39, 0.29) is 11.0 Å². The van der Waals surface area contributed by atoms with Gasteiger partial charge in [-0.25, -0.2) is 13.4 Å². The summed E-state index contributed by atoms with van der Waals surface area (Å²) in [6.45, 7) is 0. The van der Waals surface area contributed by atoms with Gasteiger partial charge in [0.05, 0.1) is 11.9 Å². The molecule has 0 bridgehead atoms. The monoisotopic (exact) mass is 321 g/mol. The fourth-order valence-corrected chi connectivity index (χ4v) is 2.67. The van der Waals surface area contributed by atoms with Crippen LogP contribution in [0.1, 0.15) is 0 Å². The number of nitrogens with zero attached hydrogens (tertiary/aromatic N) is 5. The van der Waals surface area contributed by atoms with Crippen molar-refractivity contribution in [3.8, 4) is 17.2 Å². The fraction of sp³-hybridized carbons (Fsp3) is 0. The van der Waals surface area contributed by atoms with Gasteiger partial charge in [0.25, 0.3) is 14.2 Å².